The Morgan fingerprint density at radius 3 is 2.45 bits per heavy atom. The smallest absolute Gasteiger partial charge is 0.242 e. The van der Waals surface area contributed by atoms with Crippen LogP contribution in [-0.2, 0) is 16.0 Å². The zero-order valence-corrected chi connectivity index (χ0v) is 12.1. The summed E-state index contributed by atoms with van der Waals surface area (Å²) in [6.07, 6.45) is 1.32. The van der Waals surface area contributed by atoms with Gasteiger partial charge in [0, 0.05) is 6.54 Å². The van der Waals surface area contributed by atoms with Crippen molar-refractivity contribution in [3.05, 3.63) is 35.9 Å². The summed E-state index contributed by atoms with van der Waals surface area (Å²) in [6, 6.07) is 8.33. The molecule has 0 aliphatic carbocycles. The lowest BCUT2D eigenvalue weighted by Gasteiger charge is -2.17. The molecule has 2 atom stereocenters. The average Bonchev–Trinajstić information content (AvgIpc) is 2.45. The van der Waals surface area contributed by atoms with Crippen LogP contribution >= 0.6 is 0 Å². The predicted molar refractivity (Wildman–Crippen MR) is 79.0 cm³/mol. The van der Waals surface area contributed by atoms with Crippen molar-refractivity contribution in [3.8, 4) is 0 Å². The number of nitrogens with two attached hydrogens (primary N) is 1. The topological polar surface area (TPSA) is 84.2 Å². The van der Waals surface area contributed by atoms with Gasteiger partial charge in [-0.2, -0.15) is 0 Å². The molecule has 1 rings (SSSR count). The zero-order valence-electron chi connectivity index (χ0n) is 12.1. The summed E-state index contributed by atoms with van der Waals surface area (Å²) < 4.78 is 0. The molecular formula is C15H23N3O2. The molecule has 0 heterocycles. The summed E-state index contributed by atoms with van der Waals surface area (Å²) in [5.41, 5.74) is 6.85. The maximum Gasteiger partial charge on any atom is 0.242 e. The van der Waals surface area contributed by atoms with E-state index < -0.39 is 12.1 Å². The first-order chi connectivity index (χ1) is 9.54. The van der Waals surface area contributed by atoms with Crippen LogP contribution in [0.15, 0.2) is 30.3 Å². The van der Waals surface area contributed by atoms with Gasteiger partial charge in [-0.05, 0) is 25.3 Å². The fraction of sp³-hybridized carbons (Fsp3) is 0.467. The summed E-state index contributed by atoms with van der Waals surface area (Å²) in [7, 11) is 0. The molecule has 1 aromatic rings. The van der Waals surface area contributed by atoms with Crippen LogP contribution in [0.1, 0.15) is 25.8 Å². The molecule has 20 heavy (non-hydrogen) atoms. The zero-order chi connectivity index (χ0) is 15.0. The quantitative estimate of drug-likeness (QED) is 0.682. The third-order valence-corrected chi connectivity index (χ3v) is 2.94. The van der Waals surface area contributed by atoms with E-state index in [0.717, 1.165) is 12.0 Å². The maximum atomic E-state index is 11.9. The van der Waals surface area contributed by atoms with E-state index in [1.54, 1.807) is 6.92 Å². The highest BCUT2D eigenvalue weighted by Crippen LogP contribution is 2.02. The second-order valence-electron chi connectivity index (χ2n) is 4.82. The molecule has 0 spiro atoms. The molecule has 2 unspecified atom stereocenters. The van der Waals surface area contributed by atoms with Crippen molar-refractivity contribution in [2.75, 3.05) is 6.54 Å². The first kappa shape index (κ1) is 16.2. The number of rotatable bonds is 7. The highest BCUT2D eigenvalue weighted by molar-refractivity contribution is 5.89. The van der Waals surface area contributed by atoms with Gasteiger partial charge in [0.1, 0.15) is 6.04 Å². The van der Waals surface area contributed by atoms with Crippen molar-refractivity contribution >= 4 is 11.8 Å². The van der Waals surface area contributed by atoms with E-state index in [1.165, 1.54) is 0 Å². The Hall–Kier alpha value is -1.88. The lowest BCUT2D eigenvalue weighted by Crippen LogP contribution is -2.50. The second-order valence-corrected chi connectivity index (χ2v) is 4.82. The first-order valence-corrected chi connectivity index (χ1v) is 6.92. The first-order valence-electron chi connectivity index (χ1n) is 6.92. The average molecular weight is 277 g/mol. The number of hydrogen-bond acceptors (Lipinski definition) is 3. The predicted octanol–water partition coefficient (Wildman–Crippen LogP) is 0.587. The van der Waals surface area contributed by atoms with Crippen LogP contribution in [0.2, 0.25) is 0 Å². The second kappa shape index (κ2) is 8.32. The summed E-state index contributed by atoms with van der Waals surface area (Å²) in [6.45, 7) is 4.23. The summed E-state index contributed by atoms with van der Waals surface area (Å²) in [5.74, 6) is -0.500. The molecular weight excluding hydrogens is 254 g/mol. The van der Waals surface area contributed by atoms with E-state index in [1.807, 2.05) is 37.3 Å². The van der Waals surface area contributed by atoms with Gasteiger partial charge in [0.05, 0.1) is 6.04 Å². The Kier molecular flexibility index (Phi) is 6.73. The maximum absolute atomic E-state index is 11.9. The van der Waals surface area contributed by atoms with Crippen molar-refractivity contribution in [1.29, 1.82) is 0 Å². The molecule has 0 aliphatic heterocycles. The minimum absolute atomic E-state index is 0.188. The molecule has 5 heteroatoms. The lowest BCUT2D eigenvalue weighted by atomic mass is 10.1. The molecule has 5 nitrogen and oxygen atoms in total. The van der Waals surface area contributed by atoms with Crippen LogP contribution in [0, 0.1) is 0 Å². The Morgan fingerprint density at radius 1 is 1.20 bits per heavy atom. The Balaban J connectivity index is 2.43. The third-order valence-electron chi connectivity index (χ3n) is 2.94. The van der Waals surface area contributed by atoms with E-state index in [9.17, 15) is 9.59 Å². The van der Waals surface area contributed by atoms with E-state index in [2.05, 4.69) is 10.6 Å². The minimum Gasteiger partial charge on any atom is -0.354 e. The van der Waals surface area contributed by atoms with Gasteiger partial charge in [-0.25, -0.2) is 0 Å². The number of carbonyl (C=O) groups is 2. The minimum atomic E-state index is -0.654. The van der Waals surface area contributed by atoms with Gasteiger partial charge in [0.2, 0.25) is 11.8 Å². The summed E-state index contributed by atoms with van der Waals surface area (Å²) >= 11 is 0. The molecule has 0 radical (unpaired) electrons. The van der Waals surface area contributed by atoms with E-state index in [0.29, 0.717) is 13.0 Å². The van der Waals surface area contributed by atoms with Gasteiger partial charge < -0.3 is 16.4 Å². The third kappa shape index (κ3) is 5.40. The van der Waals surface area contributed by atoms with Crippen molar-refractivity contribution in [1.82, 2.24) is 10.6 Å². The lowest BCUT2D eigenvalue weighted by molar-refractivity contribution is -0.129. The molecule has 0 aliphatic rings. The number of amides is 2. The normalized spacial score (nSPS) is 13.3. The van der Waals surface area contributed by atoms with Gasteiger partial charge >= 0.3 is 0 Å². The van der Waals surface area contributed by atoms with E-state index >= 15 is 0 Å². The van der Waals surface area contributed by atoms with Crippen LogP contribution in [0.25, 0.3) is 0 Å². The molecule has 0 aromatic heterocycles. The Morgan fingerprint density at radius 2 is 1.85 bits per heavy atom. The number of hydrogen-bond donors (Lipinski definition) is 3. The number of benzene rings is 1. The van der Waals surface area contributed by atoms with Gasteiger partial charge in [0.25, 0.3) is 0 Å². The summed E-state index contributed by atoms with van der Waals surface area (Å²) in [5, 5.41) is 5.36. The van der Waals surface area contributed by atoms with Crippen LogP contribution in [0.3, 0.4) is 0 Å². The van der Waals surface area contributed by atoms with Crippen LogP contribution in [0.4, 0.5) is 0 Å². The fourth-order valence-electron chi connectivity index (χ4n) is 1.75. The standard InChI is InChI=1S/C15H23N3O2/c1-3-9-17-14(19)11(2)18-15(20)13(16)10-12-7-5-4-6-8-12/h4-8,11,13H,3,9-10,16H2,1-2H3,(H,17,19)(H,18,20). The number of carbonyl (C=O) groups excluding carboxylic acids is 2. The SMILES string of the molecule is CCCNC(=O)C(C)NC(=O)C(N)Cc1ccccc1. The molecule has 0 saturated carbocycles. The Bertz CT molecular complexity index is 434. The molecule has 0 saturated heterocycles. The van der Waals surface area contributed by atoms with Crippen LogP contribution in [-0.4, -0.2) is 30.4 Å². The highest BCUT2D eigenvalue weighted by Gasteiger charge is 2.19. The Labute approximate surface area is 119 Å². The molecule has 0 bridgehead atoms. The fourth-order valence-corrected chi connectivity index (χ4v) is 1.75. The van der Waals surface area contributed by atoms with Crippen molar-refractivity contribution < 1.29 is 9.59 Å². The largest absolute Gasteiger partial charge is 0.354 e. The molecule has 1 aromatic carbocycles. The van der Waals surface area contributed by atoms with Crippen molar-refractivity contribution in [3.63, 3.8) is 0 Å². The van der Waals surface area contributed by atoms with E-state index in [4.69, 9.17) is 5.73 Å². The summed E-state index contributed by atoms with van der Waals surface area (Å²) in [4.78, 5) is 23.6. The van der Waals surface area contributed by atoms with Crippen molar-refractivity contribution in [2.45, 2.75) is 38.8 Å². The van der Waals surface area contributed by atoms with Gasteiger partial charge in [-0.3, -0.25) is 9.59 Å². The molecule has 0 fully saturated rings. The van der Waals surface area contributed by atoms with E-state index in [-0.39, 0.29) is 11.8 Å². The molecule has 4 N–H and O–H groups in total. The van der Waals surface area contributed by atoms with Crippen LogP contribution in [0.5, 0.6) is 0 Å². The van der Waals surface area contributed by atoms with Gasteiger partial charge in [-0.1, -0.05) is 37.3 Å². The van der Waals surface area contributed by atoms with Gasteiger partial charge in [0.15, 0.2) is 0 Å². The number of nitrogens with one attached hydrogen (secondary N) is 2. The molecule has 2 amide bonds. The van der Waals surface area contributed by atoms with Gasteiger partial charge in [-0.15, -0.1) is 0 Å². The van der Waals surface area contributed by atoms with Crippen molar-refractivity contribution in [2.24, 2.45) is 5.73 Å². The van der Waals surface area contributed by atoms with Crippen LogP contribution < -0.4 is 16.4 Å². The molecule has 110 valence electrons. The highest BCUT2D eigenvalue weighted by atomic mass is 16.2. The monoisotopic (exact) mass is 277 g/mol.